The van der Waals surface area contributed by atoms with Crippen molar-refractivity contribution in [2.75, 3.05) is 6.54 Å². The summed E-state index contributed by atoms with van der Waals surface area (Å²) in [6, 6.07) is 0. The largest absolute Gasteiger partial charge is 0.463 e. The van der Waals surface area contributed by atoms with Gasteiger partial charge in [-0.3, -0.25) is 9.48 Å². The highest BCUT2D eigenvalue weighted by atomic mass is 19.4. The lowest BCUT2D eigenvalue weighted by molar-refractivity contribution is -0.269. The molecular formula is C8H9F5N4O. The monoisotopic (exact) mass is 272 g/mol. The second kappa shape index (κ2) is 4.86. The zero-order valence-electron chi connectivity index (χ0n) is 9.13. The van der Waals surface area contributed by atoms with Gasteiger partial charge in [0.25, 0.3) is 5.91 Å². The van der Waals surface area contributed by atoms with Gasteiger partial charge in [0.2, 0.25) is 0 Å². The Hall–Kier alpha value is -1.74. The predicted octanol–water partition coefficient (Wildman–Crippen LogP) is 0.671. The number of nitrogens with one attached hydrogen (secondary N) is 1. The van der Waals surface area contributed by atoms with Crippen molar-refractivity contribution in [2.24, 2.45) is 7.05 Å². The molecule has 1 aromatic rings. The molecule has 0 radical (unpaired) electrons. The quantitative estimate of drug-likeness (QED) is 0.820. The average Bonchev–Trinajstić information content (AvgIpc) is 2.62. The van der Waals surface area contributed by atoms with E-state index in [0.717, 1.165) is 0 Å². The molecule has 102 valence electrons. The van der Waals surface area contributed by atoms with E-state index >= 15 is 0 Å². The Morgan fingerprint density at radius 2 is 2.00 bits per heavy atom. The fraction of sp³-hybridized carbons (Fsp3) is 0.625. The Morgan fingerprint density at radius 1 is 1.39 bits per heavy atom. The summed E-state index contributed by atoms with van der Waals surface area (Å²) in [6.45, 7) is -0.408. The molecule has 0 saturated carbocycles. The van der Waals surface area contributed by atoms with Gasteiger partial charge in [0.05, 0.1) is 0 Å². The van der Waals surface area contributed by atoms with E-state index in [1.54, 1.807) is 7.05 Å². The van der Waals surface area contributed by atoms with E-state index < -0.39 is 24.6 Å². The summed E-state index contributed by atoms with van der Waals surface area (Å²) < 4.78 is 61.7. The van der Waals surface area contributed by atoms with Crippen LogP contribution in [0.4, 0.5) is 22.0 Å². The number of aryl methyl sites for hydroxylation is 1. The first-order valence-corrected chi connectivity index (χ1v) is 4.72. The summed E-state index contributed by atoms with van der Waals surface area (Å²) >= 11 is 0. The first-order chi connectivity index (χ1) is 8.14. The van der Waals surface area contributed by atoms with Crippen molar-refractivity contribution in [1.29, 1.82) is 0 Å². The molecule has 1 rings (SSSR count). The lowest BCUT2D eigenvalue weighted by Gasteiger charge is -2.18. The minimum atomic E-state index is -5.90. The number of carbonyl (C=O) groups excluding carboxylic acids is 1. The van der Waals surface area contributed by atoms with Gasteiger partial charge < -0.3 is 5.32 Å². The van der Waals surface area contributed by atoms with Crippen LogP contribution in [0.3, 0.4) is 0 Å². The molecule has 0 aliphatic heterocycles. The molecule has 18 heavy (non-hydrogen) atoms. The van der Waals surface area contributed by atoms with Crippen molar-refractivity contribution >= 4 is 5.91 Å². The van der Waals surface area contributed by atoms with Crippen LogP contribution in [0.2, 0.25) is 0 Å². The number of alkyl halides is 5. The van der Waals surface area contributed by atoms with E-state index in [0.29, 0.717) is 0 Å². The zero-order chi connectivity index (χ0) is 14.0. The van der Waals surface area contributed by atoms with Gasteiger partial charge in [-0.05, 0) is 0 Å². The Morgan fingerprint density at radius 3 is 2.44 bits per heavy atom. The van der Waals surface area contributed by atoms with Crippen LogP contribution in [0.5, 0.6) is 0 Å². The molecule has 1 heterocycles. The fourth-order valence-electron chi connectivity index (χ4n) is 1.03. The van der Waals surface area contributed by atoms with Gasteiger partial charge in [0.15, 0.2) is 5.82 Å². The molecule has 0 aliphatic rings. The third-order valence-electron chi connectivity index (χ3n) is 1.92. The molecule has 0 unspecified atom stereocenters. The Balaban J connectivity index is 2.47. The summed E-state index contributed by atoms with van der Waals surface area (Å²) in [5.41, 5.74) is 0. The molecule has 0 fully saturated rings. The summed E-state index contributed by atoms with van der Waals surface area (Å²) in [7, 11) is 1.56. The Bertz CT molecular complexity index is 427. The SMILES string of the molecule is Cn1cnc(CCNC(=O)C(F)(F)C(F)(F)F)n1. The number of carbonyl (C=O) groups is 1. The van der Waals surface area contributed by atoms with Crippen LogP contribution in [-0.4, -0.2) is 39.3 Å². The number of halogens is 5. The lowest BCUT2D eigenvalue weighted by Crippen LogP contribution is -2.50. The summed E-state index contributed by atoms with van der Waals surface area (Å²) in [4.78, 5) is 14.4. The number of hydrogen-bond donors (Lipinski definition) is 1. The zero-order valence-corrected chi connectivity index (χ0v) is 9.13. The maximum Gasteiger partial charge on any atom is 0.463 e. The van der Waals surface area contributed by atoms with E-state index in [1.165, 1.54) is 16.3 Å². The van der Waals surface area contributed by atoms with Gasteiger partial charge in [0, 0.05) is 20.0 Å². The first kappa shape index (κ1) is 14.3. The maximum absolute atomic E-state index is 12.5. The number of nitrogens with zero attached hydrogens (tertiary/aromatic N) is 3. The highest BCUT2D eigenvalue weighted by Crippen LogP contribution is 2.35. The van der Waals surface area contributed by atoms with Gasteiger partial charge in [-0.25, -0.2) is 4.98 Å². The summed E-state index contributed by atoms with van der Waals surface area (Å²) in [5.74, 6) is -7.55. The highest BCUT2D eigenvalue weighted by molar-refractivity contribution is 5.84. The minimum Gasteiger partial charge on any atom is -0.350 e. The van der Waals surface area contributed by atoms with Crippen LogP contribution in [0.1, 0.15) is 5.82 Å². The van der Waals surface area contributed by atoms with E-state index in [9.17, 15) is 26.7 Å². The fourth-order valence-corrected chi connectivity index (χ4v) is 1.03. The van der Waals surface area contributed by atoms with Crippen LogP contribution < -0.4 is 5.32 Å². The number of amides is 1. The molecule has 0 aromatic carbocycles. The smallest absolute Gasteiger partial charge is 0.350 e. The van der Waals surface area contributed by atoms with Crippen LogP contribution in [-0.2, 0) is 18.3 Å². The van der Waals surface area contributed by atoms with Crippen LogP contribution in [0.25, 0.3) is 0 Å². The third kappa shape index (κ3) is 3.14. The molecule has 1 aromatic heterocycles. The second-order valence-corrected chi connectivity index (χ2v) is 3.41. The predicted molar refractivity (Wildman–Crippen MR) is 48.7 cm³/mol. The summed E-state index contributed by atoms with van der Waals surface area (Å²) in [6.07, 6.45) is -4.61. The number of aromatic nitrogens is 3. The van der Waals surface area contributed by atoms with E-state index in [4.69, 9.17) is 0 Å². The maximum atomic E-state index is 12.5. The van der Waals surface area contributed by atoms with Gasteiger partial charge in [-0.1, -0.05) is 0 Å². The second-order valence-electron chi connectivity index (χ2n) is 3.41. The first-order valence-electron chi connectivity index (χ1n) is 4.72. The van der Waals surface area contributed by atoms with Crippen molar-refractivity contribution in [1.82, 2.24) is 20.1 Å². The topological polar surface area (TPSA) is 59.8 Å². The van der Waals surface area contributed by atoms with Crippen molar-refractivity contribution in [3.05, 3.63) is 12.2 Å². The molecule has 0 bridgehead atoms. The van der Waals surface area contributed by atoms with Crippen LogP contribution in [0.15, 0.2) is 6.33 Å². The Labute approximate surface area is 98.0 Å². The van der Waals surface area contributed by atoms with Crippen LogP contribution in [0, 0.1) is 0 Å². The minimum absolute atomic E-state index is 0.0412. The molecular weight excluding hydrogens is 263 g/mol. The Kier molecular flexibility index (Phi) is 3.87. The molecule has 0 aliphatic carbocycles. The standard InChI is InChI=1S/C8H9F5N4O/c1-17-4-15-5(16-17)2-3-14-6(18)7(9,10)8(11,12)13/h4H,2-3H2,1H3,(H,14,18). The molecule has 1 N–H and O–H groups in total. The van der Waals surface area contributed by atoms with E-state index in [2.05, 4.69) is 10.1 Å². The molecule has 0 spiro atoms. The van der Waals surface area contributed by atoms with Gasteiger partial charge in [-0.2, -0.15) is 27.1 Å². The normalized spacial score (nSPS) is 12.6. The van der Waals surface area contributed by atoms with Crippen molar-refractivity contribution in [3.8, 4) is 0 Å². The molecule has 1 amide bonds. The third-order valence-corrected chi connectivity index (χ3v) is 1.92. The number of rotatable bonds is 4. The van der Waals surface area contributed by atoms with Gasteiger partial charge in [0.1, 0.15) is 6.33 Å². The van der Waals surface area contributed by atoms with Crippen LogP contribution >= 0.6 is 0 Å². The van der Waals surface area contributed by atoms with Gasteiger partial charge in [-0.15, -0.1) is 0 Å². The average molecular weight is 272 g/mol. The number of hydrogen-bond acceptors (Lipinski definition) is 3. The van der Waals surface area contributed by atoms with Crippen molar-refractivity contribution < 1.29 is 26.7 Å². The molecule has 5 nitrogen and oxygen atoms in total. The van der Waals surface area contributed by atoms with Crippen molar-refractivity contribution in [2.45, 2.75) is 18.5 Å². The molecule has 10 heteroatoms. The van der Waals surface area contributed by atoms with E-state index in [1.807, 2.05) is 0 Å². The lowest BCUT2D eigenvalue weighted by atomic mass is 10.3. The highest BCUT2D eigenvalue weighted by Gasteiger charge is 2.63. The van der Waals surface area contributed by atoms with Gasteiger partial charge >= 0.3 is 12.1 Å². The molecule has 0 saturated heterocycles. The van der Waals surface area contributed by atoms with E-state index in [-0.39, 0.29) is 12.2 Å². The summed E-state index contributed by atoms with van der Waals surface area (Å²) in [5, 5.41) is 5.25. The molecule has 0 atom stereocenters. The van der Waals surface area contributed by atoms with Crippen molar-refractivity contribution in [3.63, 3.8) is 0 Å².